The molecule has 0 radical (unpaired) electrons. The van der Waals surface area contributed by atoms with Crippen LogP contribution in [0.1, 0.15) is 33.1 Å². The zero-order valence-electron chi connectivity index (χ0n) is 8.26. The van der Waals surface area contributed by atoms with Gasteiger partial charge in [-0.15, -0.1) is 0 Å². The Morgan fingerprint density at radius 1 is 1.15 bits per heavy atom. The average molecular weight is 263 g/mol. The van der Waals surface area contributed by atoms with Gasteiger partial charge in [-0.05, 0) is 6.42 Å². The molecule has 0 saturated carbocycles. The molecule has 0 aromatic heterocycles. The molecule has 74 valence electrons. The van der Waals surface area contributed by atoms with E-state index in [4.69, 9.17) is 4.74 Å². The third kappa shape index (κ3) is 8.51. The zero-order chi connectivity index (χ0) is 9.40. The van der Waals surface area contributed by atoms with Gasteiger partial charge in [-0.2, -0.15) is 0 Å². The van der Waals surface area contributed by atoms with E-state index in [9.17, 15) is 9.59 Å². The van der Waals surface area contributed by atoms with Gasteiger partial charge >= 0.3 is 0 Å². The fraction of sp³-hybridized carbons (Fsp3) is 0.778. The van der Waals surface area contributed by atoms with E-state index in [0.717, 1.165) is 12.8 Å². The molecule has 0 unspecified atom stereocenters. The minimum Gasteiger partial charge on any atom is -0.373 e. The Hall–Kier alpha value is 0.183. The van der Waals surface area contributed by atoms with E-state index in [1.54, 1.807) is 6.92 Å². The van der Waals surface area contributed by atoms with Gasteiger partial charge in [0.15, 0.2) is 0 Å². The van der Waals surface area contributed by atoms with Crippen LogP contribution in [0.5, 0.6) is 0 Å². The van der Waals surface area contributed by atoms with Gasteiger partial charge in [-0.1, -0.05) is 20.3 Å². The van der Waals surface area contributed by atoms with Crippen LogP contribution in [0.3, 0.4) is 0 Å². The molecule has 0 heterocycles. The molecule has 0 saturated heterocycles. The molecule has 0 aromatic carbocycles. The Kier molecular flexibility index (Phi) is 12.4. The van der Waals surface area contributed by atoms with Crippen molar-refractivity contribution in [2.75, 3.05) is 13.2 Å². The van der Waals surface area contributed by atoms with E-state index < -0.39 is 5.78 Å². The predicted molar refractivity (Wildman–Crippen MR) is 46.0 cm³/mol. The summed E-state index contributed by atoms with van der Waals surface area (Å²) in [5.74, 6) is -0.750. The molecule has 0 aliphatic rings. The van der Waals surface area contributed by atoms with E-state index in [2.05, 4.69) is 0 Å². The number of carbonyl (C=O) groups excluding carboxylic acids is 2. The largest absolute Gasteiger partial charge is 0.373 e. The summed E-state index contributed by atoms with van der Waals surface area (Å²) in [6.45, 7) is 4.24. The SMILES string of the molecule is CCCCOCC(=O)C(=O)CC.[Zr]. The smallest absolute Gasteiger partial charge is 0.223 e. The third-order valence-corrected chi connectivity index (χ3v) is 1.51. The van der Waals surface area contributed by atoms with Gasteiger partial charge in [0.1, 0.15) is 6.61 Å². The van der Waals surface area contributed by atoms with Crippen molar-refractivity contribution >= 4 is 11.6 Å². The van der Waals surface area contributed by atoms with Gasteiger partial charge in [-0.25, -0.2) is 0 Å². The third-order valence-electron chi connectivity index (χ3n) is 1.51. The quantitative estimate of drug-likeness (QED) is 0.514. The van der Waals surface area contributed by atoms with E-state index in [1.807, 2.05) is 6.92 Å². The molecule has 0 amide bonds. The second-order valence-electron chi connectivity index (χ2n) is 2.61. The number of ether oxygens (including phenoxy) is 1. The summed E-state index contributed by atoms with van der Waals surface area (Å²) in [5.41, 5.74) is 0. The molecule has 0 fully saturated rings. The van der Waals surface area contributed by atoms with E-state index in [1.165, 1.54) is 0 Å². The van der Waals surface area contributed by atoms with Crippen LogP contribution in [-0.4, -0.2) is 24.8 Å². The van der Waals surface area contributed by atoms with Gasteiger partial charge in [0.05, 0.1) is 0 Å². The summed E-state index contributed by atoms with van der Waals surface area (Å²) in [7, 11) is 0. The zero-order valence-corrected chi connectivity index (χ0v) is 10.7. The molecule has 0 aliphatic carbocycles. The van der Waals surface area contributed by atoms with Crippen LogP contribution in [0.25, 0.3) is 0 Å². The standard InChI is InChI=1S/C9H16O3.Zr/c1-3-5-6-12-7-9(11)8(10)4-2;/h3-7H2,1-2H3;. The number of hydrogen-bond acceptors (Lipinski definition) is 3. The molecular formula is C9H16O3Zr. The summed E-state index contributed by atoms with van der Waals surface area (Å²) in [6.07, 6.45) is 2.25. The number of carbonyl (C=O) groups is 2. The first-order chi connectivity index (χ1) is 5.72. The molecule has 0 rings (SSSR count). The summed E-state index contributed by atoms with van der Waals surface area (Å²) in [6, 6.07) is 0. The second-order valence-corrected chi connectivity index (χ2v) is 2.61. The Morgan fingerprint density at radius 2 is 1.77 bits per heavy atom. The van der Waals surface area contributed by atoms with Crippen molar-refractivity contribution in [1.29, 1.82) is 0 Å². The monoisotopic (exact) mass is 262 g/mol. The molecule has 0 atom stereocenters. The Bertz CT molecular complexity index is 157. The molecule has 13 heavy (non-hydrogen) atoms. The van der Waals surface area contributed by atoms with Gasteiger partial charge in [0.2, 0.25) is 11.6 Å². The number of hydrogen-bond donors (Lipinski definition) is 0. The number of rotatable bonds is 7. The number of ketones is 2. The van der Waals surface area contributed by atoms with Crippen LogP contribution in [0.4, 0.5) is 0 Å². The first-order valence-electron chi connectivity index (χ1n) is 4.36. The van der Waals surface area contributed by atoms with E-state index >= 15 is 0 Å². The van der Waals surface area contributed by atoms with Crippen LogP contribution in [0.2, 0.25) is 0 Å². The molecule has 0 aromatic rings. The van der Waals surface area contributed by atoms with Crippen LogP contribution in [-0.2, 0) is 40.5 Å². The summed E-state index contributed by atoms with van der Waals surface area (Å²) < 4.78 is 4.99. The minimum absolute atomic E-state index is 0. The first-order valence-corrected chi connectivity index (χ1v) is 4.36. The Labute approximate surface area is 98.3 Å². The molecule has 0 aliphatic heterocycles. The van der Waals surface area contributed by atoms with E-state index in [0.29, 0.717) is 6.61 Å². The van der Waals surface area contributed by atoms with Crippen LogP contribution >= 0.6 is 0 Å². The second kappa shape index (κ2) is 10.3. The van der Waals surface area contributed by atoms with E-state index in [-0.39, 0.29) is 45.0 Å². The van der Waals surface area contributed by atoms with Crippen molar-refractivity contribution in [3.05, 3.63) is 0 Å². The maximum atomic E-state index is 10.9. The summed E-state index contributed by atoms with van der Waals surface area (Å²) >= 11 is 0. The number of unbranched alkanes of at least 4 members (excludes halogenated alkanes) is 1. The average Bonchev–Trinajstić information content (AvgIpc) is 2.10. The summed E-state index contributed by atoms with van der Waals surface area (Å²) in [5, 5.41) is 0. The fourth-order valence-corrected chi connectivity index (χ4v) is 0.689. The van der Waals surface area contributed by atoms with Crippen molar-refractivity contribution in [2.45, 2.75) is 33.1 Å². The van der Waals surface area contributed by atoms with Crippen LogP contribution in [0.15, 0.2) is 0 Å². The van der Waals surface area contributed by atoms with Crippen molar-refractivity contribution in [3.8, 4) is 0 Å². The molecule has 0 spiro atoms. The molecule has 0 N–H and O–H groups in total. The topological polar surface area (TPSA) is 43.4 Å². The minimum atomic E-state index is -0.409. The van der Waals surface area contributed by atoms with Gasteiger partial charge in [0.25, 0.3) is 0 Å². The van der Waals surface area contributed by atoms with Crippen molar-refractivity contribution in [1.82, 2.24) is 0 Å². The normalized spacial score (nSPS) is 9.08. The van der Waals surface area contributed by atoms with Crippen molar-refractivity contribution < 1.29 is 40.5 Å². The molecule has 4 heteroatoms. The molecule has 0 bridgehead atoms. The van der Waals surface area contributed by atoms with Crippen LogP contribution in [0, 0.1) is 0 Å². The van der Waals surface area contributed by atoms with Gasteiger partial charge in [-0.3, -0.25) is 9.59 Å². The maximum absolute atomic E-state index is 10.9. The summed E-state index contributed by atoms with van der Waals surface area (Å²) in [4.78, 5) is 21.6. The fourth-order valence-electron chi connectivity index (χ4n) is 0.689. The number of Topliss-reactive ketones (excluding diaryl/α,β-unsaturated/α-hetero) is 2. The predicted octanol–water partition coefficient (Wildman–Crippen LogP) is 1.35. The van der Waals surface area contributed by atoms with Crippen molar-refractivity contribution in [2.24, 2.45) is 0 Å². The first kappa shape index (κ1) is 15.6. The Balaban J connectivity index is 0. The Morgan fingerprint density at radius 3 is 2.23 bits per heavy atom. The maximum Gasteiger partial charge on any atom is 0.223 e. The van der Waals surface area contributed by atoms with Crippen LogP contribution < -0.4 is 0 Å². The van der Waals surface area contributed by atoms with Crippen molar-refractivity contribution in [3.63, 3.8) is 0 Å². The molecule has 3 nitrogen and oxygen atoms in total. The van der Waals surface area contributed by atoms with Gasteiger partial charge in [0, 0.05) is 39.2 Å². The molecular weight excluding hydrogens is 247 g/mol. The van der Waals surface area contributed by atoms with Gasteiger partial charge < -0.3 is 4.74 Å².